The summed E-state index contributed by atoms with van der Waals surface area (Å²) < 4.78 is 7.38. The minimum absolute atomic E-state index is 0.125. The van der Waals surface area contributed by atoms with Crippen LogP contribution in [0.4, 0.5) is 5.69 Å². The number of ether oxygens (including phenoxy) is 1. The molecule has 1 aromatic heterocycles. The van der Waals surface area contributed by atoms with Crippen LogP contribution in [0.3, 0.4) is 0 Å². The number of para-hydroxylation sites is 1. The maximum absolute atomic E-state index is 12.7. The number of aliphatic imine (C=N–C) groups is 1. The van der Waals surface area contributed by atoms with Gasteiger partial charge in [-0.25, -0.2) is 0 Å². The molecule has 1 saturated heterocycles. The third-order valence-corrected chi connectivity index (χ3v) is 5.57. The third kappa shape index (κ3) is 4.46. The van der Waals surface area contributed by atoms with Crippen molar-refractivity contribution in [1.82, 2.24) is 9.47 Å². The van der Waals surface area contributed by atoms with Crippen molar-refractivity contribution < 1.29 is 9.53 Å². The van der Waals surface area contributed by atoms with Gasteiger partial charge in [-0.2, -0.15) is 0 Å². The smallest absolute Gasteiger partial charge is 0.242 e. The van der Waals surface area contributed by atoms with Crippen LogP contribution in [-0.2, 0) is 21.5 Å². The number of amides is 1. The normalized spacial score (nSPS) is 15.2. The molecule has 1 aliphatic heterocycles. The highest BCUT2D eigenvalue weighted by atomic mass is 16.5. The van der Waals surface area contributed by atoms with Crippen LogP contribution in [0.2, 0.25) is 0 Å². The van der Waals surface area contributed by atoms with Gasteiger partial charge in [0, 0.05) is 42.0 Å². The molecule has 0 N–H and O–H groups in total. The number of rotatable bonds is 4. The Bertz CT molecular complexity index is 1050. The summed E-state index contributed by atoms with van der Waals surface area (Å²) in [6, 6.07) is 16.5. The van der Waals surface area contributed by atoms with Crippen molar-refractivity contribution in [3.63, 3.8) is 0 Å². The molecule has 4 rings (SSSR count). The standard InChI is InChI=1S/C25H29N3O2/c1-25(2,3)20-8-10-21(11-9-20)26-16-19-17-28(23-7-5-4-6-22(19)23)18-24(29)27-12-14-30-15-13-27/h4-11,16-17H,12-15,18H2,1-3H3. The van der Waals surface area contributed by atoms with Crippen LogP contribution in [0.5, 0.6) is 0 Å². The van der Waals surface area contributed by atoms with E-state index < -0.39 is 0 Å². The molecule has 1 fully saturated rings. The Morgan fingerprint density at radius 1 is 1.07 bits per heavy atom. The molecule has 0 aliphatic carbocycles. The highest BCUT2D eigenvalue weighted by Crippen LogP contribution is 2.25. The number of benzene rings is 2. The third-order valence-electron chi connectivity index (χ3n) is 5.57. The molecule has 1 amide bonds. The van der Waals surface area contributed by atoms with E-state index in [-0.39, 0.29) is 11.3 Å². The van der Waals surface area contributed by atoms with E-state index in [2.05, 4.69) is 62.2 Å². The summed E-state index contributed by atoms with van der Waals surface area (Å²) in [5.74, 6) is 0.125. The van der Waals surface area contributed by atoms with Gasteiger partial charge in [0.25, 0.3) is 0 Å². The van der Waals surface area contributed by atoms with Gasteiger partial charge in [0.15, 0.2) is 0 Å². The van der Waals surface area contributed by atoms with Gasteiger partial charge in [0.2, 0.25) is 5.91 Å². The van der Waals surface area contributed by atoms with E-state index in [1.807, 2.05) is 34.0 Å². The van der Waals surface area contributed by atoms with Crippen molar-refractivity contribution in [3.05, 3.63) is 65.9 Å². The molecule has 2 aromatic carbocycles. The number of morpholine rings is 1. The van der Waals surface area contributed by atoms with E-state index in [1.165, 1.54) is 5.56 Å². The van der Waals surface area contributed by atoms with E-state index in [9.17, 15) is 4.79 Å². The lowest BCUT2D eigenvalue weighted by molar-refractivity contribution is -0.135. The molecule has 0 unspecified atom stereocenters. The second kappa shape index (κ2) is 8.44. The van der Waals surface area contributed by atoms with E-state index in [0.29, 0.717) is 32.8 Å². The number of aromatic nitrogens is 1. The lowest BCUT2D eigenvalue weighted by Gasteiger charge is -2.27. The van der Waals surface area contributed by atoms with Crippen LogP contribution < -0.4 is 0 Å². The zero-order valence-corrected chi connectivity index (χ0v) is 18.0. The molecule has 30 heavy (non-hydrogen) atoms. The minimum atomic E-state index is 0.125. The highest BCUT2D eigenvalue weighted by Gasteiger charge is 2.18. The number of hydrogen-bond donors (Lipinski definition) is 0. The average molecular weight is 404 g/mol. The van der Waals surface area contributed by atoms with Crippen LogP contribution in [-0.4, -0.2) is 47.9 Å². The summed E-state index contributed by atoms with van der Waals surface area (Å²) in [6.07, 6.45) is 3.92. The van der Waals surface area contributed by atoms with Crippen molar-refractivity contribution in [1.29, 1.82) is 0 Å². The van der Waals surface area contributed by atoms with Crippen molar-refractivity contribution in [2.75, 3.05) is 26.3 Å². The summed E-state index contributed by atoms with van der Waals surface area (Å²) >= 11 is 0. The van der Waals surface area contributed by atoms with Gasteiger partial charge in [-0.15, -0.1) is 0 Å². The number of carbonyl (C=O) groups is 1. The van der Waals surface area contributed by atoms with E-state index >= 15 is 0 Å². The van der Waals surface area contributed by atoms with Crippen LogP contribution in [0.15, 0.2) is 59.7 Å². The lowest BCUT2D eigenvalue weighted by atomic mass is 9.87. The Kier molecular flexibility index (Phi) is 5.73. The van der Waals surface area contributed by atoms with E-state index in [0.717, 1.165) is 22.2 Å². The molecule has 156 valence electrons. The van der Waals surface area contributed by atoms with Gasteiger partial charge < -0.3 is 14.2 Å². The summed E-state index contributed by atoms with van der Waals surface area (Å²) in [5.41, 5.74) is 4.40. The van der Waals surface area contributed by atoms with E-state index in [1.54, 1.807) is 0 Å². The molecule has 0 atom stereocenters. The van der Waals surface area contributed by atoms with Crippen LogP contribution in [0.25, 0.3) is 10.9 Å². The Balaban J connectivity index is 1.57. The summed E-state index contributed by atoms with van der Waals surface area (Å²) in [5, 5.41) is 1.10. The van der Waals surface area contributed by atoms with Crippen molar-refractivity contribution in [2.24, 2.45) is 4.99 Å². The van der Waals surface area contributed by atoms with Gasteiger partial charge in [0.05, 0.1) is 18.9 Å². The van der Waals surface area contributed by atoms with Gasteiger partial charge >= 0.3 is 0 Å². The Hall–Kier alpha value is -2.92. The van der Waals surface area contributed by atoms with Crippen molar-refractivity contribution in [3.8, 4) is 0 Å². The first-order chi connectivity index (χ1) is 14.4. The first kappa shape index (κ1) is 20.4. The predicted octanol–water partition coefficient (Wildman–Crippen LogP) is 4.55. The SMILES string of the molecule is CC(C)(C)c1ccc(N=Cc2cn(CC(=O)N3CCOCC3)c3ccccc23)cc1. The fourth-order valence-corrected chi connectivity index (χ4v) is 3.76. The highest BCUT2D eigenvalue weighted by molar-refractivity contribution is 6.00. The first-order valence-electron chi connectivity index (χ1n) is 10.5. The number of hydrogen-bond acceptors (Lipinski definition) is 3. The van der Waals surface area contributed by atoms with Crippen molar-refractivity contribution >= 4 is 28.7 Å². The zero-order chi connectivity index (χ0) is 21.1. The Morgan fingerprint density at radius 3 is 2.47 bits per heavy atom. The van der Waals surface area contributed by atoms with Gasteiger partial charge in [-0.1, -0.05) is 51.1 Å². The maximum atomic E-state index is 12.7. The second-order valence-corrected chi connectivity index (χ2v) is 8.78. The average Bonchev–Trinajstić information content (AvgIpc) is 3.10. The molecular formula is C25H29N3O2. The van der Waals surface area contributed by atoms with E-state index in [4.69, 9.17) is 4.74 Å². The molecule has 5 heteroatoms. The minimum Gasteiger partial charge on any atom is -0.378 e. The topological polar surface area (TPSA) is 46.8 Å². The quantitative estimate of drug-likeness (QED) is 0.600. The van der Waals surface area contributed by atoms with Crippen LogP contribution in [0.1, 0.15) is 31.9 Å². The molecule has 3 aromatic rings. The fourth-order valence-electron chi connectivity index (χ4n) is 3.76. The lowest BCUT2D eigenvalue weighted by Crippen LogP contribution is -2.42. The zero-order valence-electron chi connectivity index (χ0n) is 18.0. The molecule has 0 radical (unpaired) electrons. The first-order valence-corrected chi connectivity index (χ1v) is 10.5. The van der Waals surface area contributed by atoms with Gasteiger partial charge in [-0.05, 0) is 29.2 Å². The summed E-state index contributed by atoms with van der Waals surface area (Å²) in [7, 11) is 0. The molecule has 1 aliphatic rings. The molecule has 2 heterocycles. The molecule has 0 bridgehead atoms. The number of fused-ring (bicyclic) bond motifs is 1. The molecule has 0 saturated carbocycles. The number of nitrogens with zero attached hydrogens (tertiary/aromatic N) is 3. The molecule has 5 nitrogen and oxygen atoms in total. The summed E-state index contributed by atoms with van der Waals surface area (Å²) in [4.78, 5) is 19.3. The second-order valence-electron chi connectivity index (χ2n) is 8.78. The predicted molar refractivity (Wildman–Crippen MR) is 122 cm³/mol. The fraction of sp³-hybridized carbons (Fsp3) is 0.360. The van der Waals surface area contributed by atoms with Crippen LogP contribution >= 0.6 is 0 Å². The van der Waals surface area contributed by atoms with Gasteiger partial charge in [0.1, 0.15) is 6.54 Å². The maximum Gasteiger partial charge on any atom is 0.242 e. The number of carbonyl (C=O) groups excluding carboxylic acids is 1. The Morgan fingerprint density at radius 2 is 1.77 bits per heavy atom. The monoisotopic (exact) mass is 403 g/mol. The Labute approximate surface area is 178 Å². The van der Waals surface area contributed by atoms with Crippen LogP contribution in [0, 0.1) is 0 Å². The van der Waals surface area contributed by atoms with Crippen molar-refractivity contribution in [2.45, 2.75) is 32.7 Å². The summed E-state index contributed by atoms with van der Waals surface area (Å²) in [6.45, 7) is 9.51. The van der Waals surface area contributed by atoms with Gasteiger partial charge in [-0.3, -0.25) is 9.79 Å². The molecular weight excluding hydrogens is 374 g/mol. The molecule has 0 spiro atoms. The largest absolute Gasteiger partial charge is 0.378 e.